The SMILES string of the molecule is BF.CF. The van der Waals surface area contributed by atoms with Crippen molar-refractivity contribution >= 4 is 8.12 Å². The maximum absolute atomic E-state index is 9.50. The van der Waals surface area contributed by atoms with Gasteiger partial charge in [-0.15, -0.1) is 0 Å². The highest BCUT2D eigenvalue weighted by Crippen LogP contribution is 1.16. The fourth-order valence-corrected chi connectivity index (χ4v) is 0. The molecule has 0 aromatic rings. The second-order valence-electron chi connectivity index (χ2n) is 0. The van der Waals surface area contributed by atoms with Crippen molar-refractivity contribution in [2.45, 2.75) is 0 Å². The van der Waals surface area contributed by atoms with E-state index in [1.165, 1.54) is 0 Å². The summed E-state index contributed by atoms with van der Waals surface area (Å²) in [5.74, 6) is 0. The van der Waals surface area contributed by atoms with Crippen molar-refractivity contribution in [1.82, 2.24) is 0 Å². The standard InChI is InChI=1S/CH3F.BFH2/c2*1-2/h1H3;1H2. The summed E-state index contributed by atoms with van der Waals surface area (Å²) in [7, 11) is 1.00. The van der Waals surface area contributed by atoms with Gasteiger partial charge >= 0.3 is 8.12 Å². The zero-order chi connectivity index (χ0) is 4.00. The quantitative estimate of drug-likeness (QED) is 0.351. The maximum atomic E-state index is 9.50. The maximum Gasteiger partial charge on any atom is 0.314 e. The Kier molecular flexibility index (Phi) is 4360. The fraction of sp³-hybridized carbons (Fsp3) is 1.00. The number of hydrogen-bond donors (Lipinski definition) is 0. The number of halogens is 2. The van der Waals surface area contributed by atoms with Crippen LogP contribution in [0.1, 0.15) is 0 Å². The molecule has 0 rings (SSSR count). The van der Waals surface area contributed by atoms with E-state index in [2.05, 4.69) is 0 Å². The summed E-state index contributed by atoms with van der Waals surface area (Å²) in [6.07, 6.45) is 0. The van der Waals surface area contributed by atoms with Gasteiger partial charge in [0.25, 0.3) is 0 Å². The molecule has 0 bridgehead atoms. The Morgan fingerprint density at radius 1 is 1.25 bits per heavy atom. The van der Waals surface area contributed by atoms with Gasteiger partial charge in [0, 0.05) is 0 Å². The smallest absolute Gasteiger partial charge is 0.314 e. The van der Waals surface area contributed by atoms with E-state index in [9.17, 15) is 8.71 Å². The van der Waals surface area contributed by atoms with E-state index >= 15 is 0 Å². The Hall–Kier alpha value is -0.0751. The van der Waals surface area contributed by atoms with E-state index in [0.29, 0.717) is 15.3 Å². The lowest BCUT2D eigenvalue weighted by Gasteiger charge is -1.10. The average molecular weight is 65.9 g/mol. The lowest BCUT2D eigenvalue weighted by atomic mass is 10.7. The molecule has 0 fully saturated rings. The van der Waals surface area contributed by atoms with E-state index in [-0.39, 0.29) is 0 Å². The summed E-state index contributed by atoms with van der Waals surface area (Å²) in [5.41, 5.74) is 0. The van der Waals surface area contributed by atoms with Gasteiger partial charge in [-0.3, -0.25) is 4.39 Å². The van der Waals surface area contributed by atoms with E-state index in [0.717, 1.165) is 0 Å². The van der Waals surface area contributed by atoms with Crippen LogP contribution in [-0.2, 0) is 0 Å². The molecule has 0 unspecified atom stereocenters. The lowest BCUT2D eigenvalue weighted by molar-refractivity contribution is 0.636. The highest BCUT2D eigenvalue weighted by Gasteiger charge is 1.04. The molecule has 0 aliphatic rings. The normalized spacial score (nSPS) is 2.75. The van der Waals surface area contributed by atoms with Gasteiger partial charge in [-0.2, -0.15) is 0 Å². The van der Waals surface area contributed by atoms with Crippen molar-refractivity contribution in [1.29, 1.82) is 0 Å². The van der Waals surface area contributed by atoms with E-state index < -0.39 is 0 Å². The van der Waals surface area contributed by atoms with Gasteiger partial charge in [0.15, 0.2) is 0 Å². The largest absolute Gasteiger partial charge is 0.347 e. The van der Waals surface area contributed by atoms with E-state index in [4.69, 9.17) is 0 Å². The van der Waals surface area contributed by atoms with E-state index in [1.807, 2.05) is 0 Å². The minimum absolute atomic E-state index is 0.500. The van der Waals surface area contributed by atoms with Gasteiger partial charge < -0.3 is 4.32 Å². The van der Waals surface area contributed by atoms with Gasteiger partial charge in [-0.25, -0.2) is 0 Å². The predicted molar refractivity (Wildman–Crippen MR) is 16.7 cm³/mol. The molecule has 0 heterocycles. The van der Waals surface area contributed by atoms with Crippen molar-refractivity contribution in [3.63, 3.8) is 0 Å². The fourth-order valence-electron chi connectivity index (χ4n) is 0. The van der Waals surface area contributed by atoms with Crippen LogP contribution in [0.5, 0.6) is 0 Å². The predicted octanol–water partition coefficient (Wildman–Crippen LogP) is 0.0897. The molecule has 26 valence electrons. The Labute approximate surface area is 25.3 Å². The molecule has 0 amide bonds. The zero-order valence-corrected chi connectivity index (χ0v) is 2.76. The van der Waals surface area contributed by atoms with Crippen molar-refractivity contribution in [2.75, 3.05) is 7.18 Å². The molecular weight excluding hydrogens is 60.8 g/mol. The van der Waals surface area contributed by atoms with Crippen LogP contribution < -0.4 is 0 Å². The Bertz CT molecular complexity index is 6.00. The summed E-state index contributed by atoms with van der Waals surface area (Å²) >= 11 is 0. The first-order chi connectivity index (χ1) is 2.00. The Morgan fingerprint density at radius 3 is 1.25 bits per heavy atom. The molecule has 0 radical (unpaired) electrons. The van der Waals surface area contributed by atoms with Gasteiger partial charge in [-0.1, -0.05) is 0 Å². The van der Waals surface area contributed by atoms with Gasteiger partial charge in [-0.05, 0) is 0 Å². The monoisotopic (exact) mass is 66.0 g/mol. The molecule has 0 nitrogen and oxygen atoms in total. The van der Waals surface area contributed by atoms with Crippen LogP contribution in [0.3, 0.4) is 0 Å². The molecule has 0 aromatic carbocycles. The molecule has 0 aromatic heterocycles. The number of hydrogen-bond acceptors (Lipinski definition) is 0. The van der Waals surface area contributed by atoms with Crippen molar-refractivity contribution in [3.8, 4) is 0 Å². The third-order valence-corrected chi connectivity index (χ3v) is 0. The van der Waals surface area contributed by atoms with Crippen molar-refractivity contribution in [3.05, 3.63) is 0 Å². The summed E-state index contributed by atoms with van der Waals surface area (Å²) < 4.78 is 19.0. The summed E-state index contributed by atoms with van der Waals surface area (Å²) in [6.45, 7) is 0. The van der Waals surface area contributed by atoms with Crippen molar-refractivity contribution < 1.29 is 8.71 Å². The molecule has 0 N–H and O–H groups in total. The van der Waals surface area contributed by atoms with Gasteiger partial charge in [0.05, 0.1) is 7.18 Å². The minimum Gasteiger partial charge on any atom is -0.347 e. The molecule has 0 saturated heterocycles. The van der Waals surface area contributed by atoms with Crippen molar-refractivity contribution in [2.24, 2.45) is 0 Å². The third-order valence-electron chi connectivity index (χ3n) is 0. The molecular formula is CH5BF2. The van der Waals surface area contributed by atoms with Crippen LogP contribution in [-0.4, -0.2) is 15.3 Å². The first kappa shape index (κ1) is 9.06. The Balaban J connectivity index is 0. The van der Waals surface area contributed by atoms with Gasteiger partial charge in [0.2, 0.25) is 0 Å². The first-order valence-electron chi connectivity index (χ1n) is 0.756. The highest BCUT2D eigenvalue weighted by molar-refractivity contribution is 5.96. The lowest BCUT2D eigenvalue weighted by Crippen LogP contribution is -1.06. The molecule has 0 atom stereocenters. The van der Waals surface area contributed by atoms with Crippen LogP contribution in [0.2, 0.25) is 0 Å². The van der Waals surface area contributed by atoms with Crippen LogP contribution in [0.4, 0.5) is 8.71 Å². The number of alkyl halides is 1. The summed E-state index contributed by atoms with van der Waals surface area (Å²) in [5, 5.41) is 0. The molecule has 3 heteroatoms. The first-order valence-corrected chi connectivity index (χ1v) is 0.756. The molecule has 4 heavy (non-hydrogen) atoms. The molecule has 0 saturated carbocycles. The van der Waals surface area contributed by atoms with Crippen LogP contribution in [0, 0.1) is 0 Å². The summed E-state index contributed by atoms with van der Waals surface area (Å²) in [6, 6.07) is 0. The van der Waals surface area contributed by atoms with Crippen LogP contribution >= 0.6 is 0 Å². The zero-order valence-electron chi connectivity index (χ0n) is 2.76. The Morgan fingerprint density at radius 2 is 1.25 bits per heavy atom. The van der Waals surface area contributed by atoms with Crippen LogP contribution in [0.15, 0.2) is 0 Å². The molecule has 0 aliphatic heterocycles. The van der Waals surface area contributed by atoms with Gasteiger partial charge in [0.1, 0.15) is 0 Å². The topological polar surface area (TPSA) is 0 Å². The second-order valence-corrected chi connectivity index (χ2v) is 0. The molecule has 0 spiro atoms. The van der Waals surface area contributed by atoms with Crippen LogP contribution in [0.25, 0.3) is 0 Å². The average Bonchev–Trinajstić information content (AvgIpc) is 1.50. The minimum atomic E-state index is 0.500. The second kappa shape index (κ2) is 1920. The third kappa shape index (κ3) is 292. The molecule has 0 aliphatic carbocycles. The van der Waals surface area contributed by atoms with E-state index in [1.54, 1.807) is 0 Å². The number of rotatable bonds is 0. The summed E-state index contributed by atoms with van der Waals surface area (Å²) in [4.78, 5) is 0. The highest BCUT2D eigenvalue weighted by atomic mass is 19.1.